The molecule has 0 saturated carbocycles. The second kappa shape index (κ2) is 6.72. The fourth-order valence-corrected chi connectivity index (χ4v) is 2.61. The molecule has 3 aromatic rings. The molecule has 128 valence electrons. The van der Waals surface area contributed by atoms with Gasteiger partial charge in [-0.1, -0.05) is 36.4 Å². The molecular weight excluding hydrogens is 318 g/mol. The zero-order valence-electron chi connectivity index (χ0n) is 14.2. The van der Waals surface area contributed by atoms with Crippen LogP contribution in [0.25, 0.3) is 17.2 Å². The molecule has 1 aromatic carbocycles. The van der Waals surface area contributed by atoms with Crippen molar-refractivity contribution >= 4 is 11.7 Å². The maximum Gasteiger partial charge on any atom is 0.279 e. The average Bonchev–Trinajstić information content (AvgIpc) is 3.08. The smallest absolute Gasteiger partial charge is 0.279 e. The van der Waals surface area contributed by atoms with Crippen molar-refractivity contribution < 1.29 is 4.79 Å². The highest BCUT2D eigenvalue weighted by molar-refractivity contribution is 5.78. The van der Waals surface area contributed by atoms with Crippen LogP contribution in [0.4, 0.5) is 0 Å². The lowest BCUT2D eigenvalue weighted by atomic mass is 10.1. The van der Waals surface area contributed by atoms with Crippen LogP contribution in [-0.4, -0.2) is 31.6 Å². The van der Waals surface area contributed by atoms with Crippen molar-refractivity contribution in [1.29, 1.82) is 0 Å². The summed E-state index contributed by atoms with van der Waals surface area (Å²) in [7, 11) is 1.80. The Morgan fingerprint density at radius 1 is 1.32 bits per heavy atom. The van der Waals surface area contributed by atoms with Gasteiger partial charge >= 0.3 is 0 Å². The van der Waals surface area contributed by atoms with Crippen LogP contribution in [-0.2, 0) is 18.3 Å². The van der Waals surface area contributed by atoms with E-state index < -0.39 is 0 Å². The number of carbonyl (C=O) groups is 1. The summed E-state index contributed by atoms with van der Waals surface area (Å²) in [6.45, 7) is 5.72. The monoisotopic (exact) mass is 337 g/mol. The molecule has 2 heterocycles. The predicted octanol–water partition coefficient (Wildman–Crippen LogP) is 1.25. The number of nitrogens with zero attached hydrogens (tertiary/aromatic N) is 4. The van der Waals surface area contributed by atoms with Crippen molar-refractivity contribution in [2.24, 2.45) is 7.05 Å². The molecule has 0 fully saturated rings. The van der Waals surface area contributed by atoms with Gasteiger partial charge in [-0.25, -0.2) is 0 Å². The van der Waals surface area contributed by atoms with Crippen LogP contribution in [0.2, 0.25) is 0 Å². The number of benzene rings is 1. The lowest BCUT2D eigenvalue weighted by Crippen LogP contribution is -2.31. The fourth-order valence-electron chi connectivity index (χ4n) is 2.61. The SMILES string of the molecule is C=CCNC(=O)Cc1c(C)n(C)c2nc(-c3ccccc3)nn2c1=O. The largest absolute Gasteiger partial charge is 0.352 e. The number of rotatable bonds is 5. The highest BCUT2D eigenvalue weighted by Crippen LogP contribution is 2.16. The van der Waals surface area contributed by atoms with E-state index in [0.717, 1.165) is 5.56 Å². The third-order valence-electron chi connectivity index (χ3n) is 4.09. The van der Waals surface area contributed by atoms with Crippen LogP contribution in [0.15, 0.2) is 47.8 Å². The molecule has 2 aromatic heterocycles. The molecule has 0 atom stereocenters. The predicted molar refractivity (Wildman–Crippen MR) is 95.3 cm³/mol. The zero-order valence-corrected chi connectivity index (χ0v) is 14.2. The highest BCUT2D eigenvalue weighted by Gasteiger charge is 2.18. The van der Waals surface area contributed by atoms with Gasteiger partial charge in [0.05, 0.1) is 6.42 Å². The Hall–Kier alpha value is -3.22. The van der Waals surface area contributed by atoms with E-state index in [4.69, 9.17) is 0 Å². The highest BCUT2D eigenvalue weighted by atomic mass is 16.2. The molecule has 25 heavy (non-hydrogen) atoms. The minimum absolute atomic E-state index is 0.0111. The van der Waals surface area contributed by atoms with Crippen molar-refractivity contribution in [3.8, 4) is 11.4 Å². The van der Waals surface area contributed by atoms with Crippen LogP contribution in [0.5, 0.6) is 0 Å². The summed E-state index contributed by atoms with van der Waals surface area (Å²) in [5.41, 5.74) is 1.60. The first-order valence-corrected chi connectivity index (χ1v) is 7.91. The zero-order chi connectivity index (χ0) is 18.0. The third kappa shape index (κ3) is 3.08. The summed E-state index contributed by atoms with van der Waals surface area (Å²) >= 11 is 0. The van der Waals surface area contributed by atoms with Crippen molar-refractivity contribution in [2.75, 3.05) is 6.54 Å². The molecule has 7 nitrogen and oxygen atoms in total. The third-order valence-corrected chi connectivity index (χ3v) is 4.09. The standard InChI is InChI=1S/C18H19N5O2/c1-4-10-19-15(24)11-14-12(2)22(3)18-20-16(21-23(18)17(14)25)13-8-6-5-7-9-13/h4-9H,1,10-11H2,2-3H3,(H,19,24). The minimum atomic E-state index is -0.325. The van der Waals surface area contributed by atoms with E-state index in [1.807, 2.05) is 30.3 Å². The maximum atomic E-state index is 12.8. The summed E-state index contributed by atoms with van der Waals surface area (Å²) in [5, 5.41) is 7.02. The van der Waals surface area contributed by atoms with Crippen LogP contribution in [0, 0.1) is 6.92 Å². The molecule has 0 unspecified atom stereocenters. The van der Waals surface area contributed by atoms with Crippen molar-refractivity contribution in [3.63, 3.8) is 0 Å². The van der Waals surface area contributed by atoms with Gasteiger partial charge in [-0.3, -0.25) is 9.59 Å². The summed E-state index contributed by atoms with van der Waals surface area (Å²) in [6.07, 6.45) is 1.58. The molecule has 0 aliphatic rings. The Morgan fingerprint density at radius 3 is 2.72 bits per heavy atom. The minimum Gasteiger partial charge on any atom is -0.352 e. The Morgan fingerprint density at radius 2 is 2.04 bits per heavy atom. The number of aryl methyl sites for hydroxylation is 1. The van der Waals surface area contributed by atoms with Gasteiger partial charge in [0.15, 0.2) is 5.82 Å². The van der Waals surface area contributed by atoms with E-state index in [1.54, 1.807) is 24.6 Å². The van der Waals surface area contributed by atoms with Gasteiger partial charge in [-0.05, 0) is 6.92 Å². The van der Waals surface area contributed by atoms with Crippen LogP contribution >= 0.6 is 0 Å². The number of amides is 1. The molecule has 0 aliphatic carbocycles. The van der Waals surface area contributed by atoms with Gasteiger partial charge < -0.3 is 9.88 Å². The molecule has 0 bridgehead atoms. The molecule has 1 N–H and O–H groups in total. The number of hydrogen-bond acceptors (Lipinski definition) is 4. The Balaban J connectivity index is 2.10. The van der Waals surface area contributed by atoms with Crippen molar-refractivity contribution in [2.45, 2.75) is 13.3 Å². The summed E-state index contributed by atoms with van der Waals surface area (Å²) < 4.78 is 3.03. The van der Waals surface area contributed by atoms with E-state index in [1.165, 1.54) is 4.52 Å². The molecule has 0 aliphatic heterocycles. The van der Waals surface area contributed by atoms with E-state index >= 15 is 0 Å². The van der Waals surface area contributed by atoms with Gasteiger partial charge in [0.25, 0.3) is 5.56 Å². The molecule has 3 rings (SSSR count). The van der Waals surface area contributed by atoms with Crippen LogP contribution < -0.4 is 10.9 Å². The Labute approximate surface area is 144 Å². The van der Waals surface area contributed by atoms with Gasteiger partial charge in [0.1, 0.15) is 0 Å². The van der Waals surface area contributed by atoms with Crippen LogP contribution in [0.1, 0.15) is 11.3 Å². The lowest BCUT2D eigenvalue weighted by Gasteiger charge is -2.11. The molecule has 7 heteroatoms. The second-order valence-electron chi connectivity index (χ2n) is 5.71. The molecule has 1 amide bonds. The number of aromatic nitrogens is 4. The number of carbonyl (C=O) groups excluding carboxylic acids is 1. The van der Waals surface area contributed by atoms with E-state index in [2.05, 4.69) is 22.0 Å². The first kappa shape index (κ1) is 16.6. The quantitative estimate of drug-likeness (QED) is 0.711. The van der Waals surface area contributed by atoms with Gasteiger partial charge in [-0.2, -0.15) is 9.50 Å². The normalized spacial score (nSPS) is 10.8. The first-order valence-electron chi connectivity index (χ1n) is 7.91. The molecule has 0 spiro atoms. The number of nitrogens with one attached hydrogen (secondary N) is 1. The summed E-state index contributed by atoms with van der Waals surface area (Å²) in [6, 6.07) is 9.45. The second-order valence-corrected chi connectivity index (χ2v) is 5.71. The molecule has 0 radical (unpaired) electrons. The fraction of sp³-hybridized carbons (Fsp3) is 0.222. The number of hydrogen-bond donors (Lipinski definition) is 1. The van der Waals surface area contributed by atoms with E-state index in [9.17, 15) is 9.59 Å². The van der Waals surface area contributed by atoms with Crippen molar-refractivity contribution in [3.05, 3.63) is 64.6 Å². The van der Waals surface area contributed by atoms with Gasteiger partial charge in [0, 0.05) is 30.4 Å². The lowest BCUT2D eigenvalue weighted by molar-refractivity contribution is -0.120. The first-order chi connectivity index (χ1) is 12.0. The topological polar surface area (TPSA) is 81.3 Å². The van der Waals surface area contributed by atoms with E-state index in [-0.39, 0.29) is 17.9 Å². The van der Waals surface area contributed by atoms with E-state index in [0.29, 0.717) is 29.4 Å². The van der Waals surface area contributed by atoms with Crippen LogP contribution in [0.3, 0.4) is 0 Å². The molecular formula is C18H19N5O2. The van der Waals surface area contributed by atoms with Gasteiger partial charge in [-0.15, -0.1) is 11.7 Å². The summed E-state index contributed by atoms with van der Waals surface area (Å²) in [4.78, 5) is 29.3. The van der Waals surface area contributed by atoms with Gasteiger partial charge in [0.2, 0.25) is 11.7 Å². The Kier molecular flexibility index (Phi) is 4.47. The summed E-state index contributed by atoms with van der Waals surface area (Å²) in [5.74, 6) is 0.681. The van der Waals surface area contributed by atoms with Crippen molar-refractivity contribution in [1.82, 2.24) is 24.5 Å². The Bertz CT molecular complexity index is 1000. The molecule has 0 saturated heterocycles. The number of fused-ring (bicyclic) bond motifs is 1. The maximum absolute atomic E-state index is 12.8. The average molecular weight is 337 g/mol.